The summed E-state index contributed by atoms with van der Waals surface area (Å²) in [6.45, 7) is 2.56. The Morgan fingerprint density at radius 3 is 2.65 bits per heavy atom. The van der Waals surface area contributed by atoms with Crippen LogP contribution in [-0.4, -0.2) is 19.6 Å². The van der Waals surface area contributed by atoms with Crippen molar-refractivity contribution in [2.45, 2.75) is 13.3 Å². The molecule has 0 saturated carbocycles. The highest BCUT2D eigenvalue weighted by molar-refractivity contribution is 9.10. The molecule has 0 fully saturated rings. The SMILES string of the molecule is CCCOc1ccc(C(=O)Nc2ccc(Br)cc2F)cc1OC. The number of amides is 1. The lowest BCUT2D eigenvalue weighted by Crippen LogP contribution is -2.13. The number of hydrogen-bond donors (Lipinski definition) is 1. The maximum atomic E-state index is 13.8. The summed E-state index contributed by atoms with van der Waals surface area (Å²) in [5.41, 5.74) is 0.469. The van der Waals surface area contributed by atoms with Gasteiger partial charge in [-0.1, -0.05) is 22.9 Å². The second-order valence-corrected chi connectivity index (χ2v) is 5.71. The Morgan fingerprint density at radius 1 is 1.22 bits per heavy atom. The second kappa shape index (κ2) is 7.97. The van der Waals surface area contributed by atoms with Crippen molar-refractivity contribution < 1.29 is 18.7 Å². The molecule has 0 atom stereocenters. The molecule has 0 aliphatic carbocycles. The zero-order valence-corrected chi connectivity index (χ0v) is 14.4. The van der Waals surface area contributed by atoms with Gasteiger partial charge in [-0.2, -0.15) is 0 Å². The molecule has 2 aromatic rings. The minimum absolute atomic E-state index is 0.114. The maximum Gasteiger partial charge on any atom is 0.255 e. The van der Waals surface area contributed by atoms with Gasteiger partial charge < -0.3 is 14.8 Å². The highest BCUT2D eigenvalue weighted by Gasteiger charge is 2.13. The van der Waals surface area contributed by atoms with Crippen LogP contribution in [0.15, 0.2) is 40.9 Å². The van der Waals surface area contributed by atoms with Crippen LogP contribution < -0.4 is 14.8 Å². The summed E-state index contributed by atoms with van der Waals surface area (Å²) in [6, 6.07) is 9.28. The fourth-order valence-electron chi connectivity index (χ4n) is 1.93. The van der Waals surface area contributed by atoms with Crippen LogP contribution in [0.5, 0.6) is 11.5 Å². The summed E-state index contributed by atoms with van der Waals surface area (Å²) in [7, 11) is 1.50. The number of methoxy groups -OCH3 is 1. The molecule has 4 nitrogen and oxygen atoms in total. The van der Waals surface area contributed by atoms with Crippen LogP contribution in [0.3, 0.4) is 0 Å². The van der Waals surface area contributed by atoms with Crippen LogP contribution in [0.1, 0.15) is 23.7 Å². The van der Waals surface area contributed by atoms with Crippen LogP contribution in [0.4, 0.5) is 10.1 Å². The Labute approximate surface area is 142 Å². The molecule has 0 heterocycles. The van der Waals surface area contributed by atoms with Gasteiger partial charge in [0.1, 0.15) is 5.82 Å². The van der Waals surface area contributed by atoms with Gasteiger partial charge in [0.05, 0.1) is 19.4 Å². The highest BCUT2D eigenvalue weighted by atomic mass is 79.9. The van der Waals surface area contributed by atoms with E-state index in [1.54, 1.807) is 24.3 Å². The first kappa shape index (κ1) is 17.3. The van der Waals surface area contributed by atoms with Gasteiger partial charge in [0.25, 0.3) is 5.91 Å². The molecule has 23 heavy (non-hydrogen) atoms. The smallest absolute Gasteiger partial charge is 0.255 e. The molecule has 1 N–H and O–H groups in total. The molecule has 0 unspecified atom stereocenters. The summed E-state index contributed by atoms with van der Waals surface area (Å²) in [6.07, 6.45) is 0.869. The van der Waals surface area contributed by atoms with Gasteiger partial charge in [0.2, 0.25) is 0 Å². The zero-order valence-electron chi connectivity index (χ0n) is 12.9. The molecule has 122 valence electrons. The van der Waals surface area contributed by atoms with E-state index in [0.29, 0.717) is 28.1 Å². The monoisotopic (exact) mass is 381 g/mol. The number of benzene rings is 2. The molecular formula is C17H17BrFNO3. The number of rotatable bonds is 6. The lowest BCUT2D eigenvalue weighted by atomic mass is 10.1. The van der Waals surface area contributed by atoms with Gasteiger partial charge in [0, 0.05) is 10.0 Å². The summed E-state index contributed by atoms with van der Waals surface area (Å²) >= 11 is 3.17. The van der Waals surface area contributed by atoms with Crippen molar-refractivity contribution >= 4 is 27.5 Å². The summed E-state index contributed by atoms with van der Waals surface area (Å²) < 4.78 is 25.2. The first-order chi connectivity index (χ1) is 11.0. The quantitative estimate of drug-likeness (QED) is 0.792. The van der Waals surface area contributed by atoms with Gasteiger partial charge >= 0.3 is 0 Å². The Morgan fingerprint density at radius 2 is 2.00 bits per heavy atom. The zero-order chi connectivity index (χ0) is 16.8. The molecule has 1 amide bonds. The molecular weight excluding hydrogens is 365 g/mol. The van der Waals surface area contributed by atoms with Gasteiger partial charge in [-0.3, -0.25) is 4.79 Å². The lowest BCUT2D eigenvalue weighted by molar-refractivity contribution is 0.102. The van der Waals surface area contributed by atoms with Gasteiger partial charge in [-0.25, -0.2) is 4.39 Å². The maximum absolute atomic E-state index is 13.8. The fraction of sp³-hybridized carbons (Fsp3) is 0.235. The number of nitrogens with one attached hydrogen (secondary N) is 1. The van der Waals surface area contributed by atoms with Crippen molar-refractivity contribution in [3.8, 4) is 11.5 Å². The molecule has 0 spiro atoms. The standard InChI is InChI=1S/C17H17BrFNO3/c1-3-8-23-15-7-4-11(9-16(15)22-2)17(21)20-14-6-5-12(18)10-13(14)19/h4-7,9-10H,3,8H2,1-2H3,(H,20,21). The Kier molecular flexibility index (Phi) is 5.98. The largest absolute Gasteiger partial charge is 0.493 e. The molecule has 6 heteroatoms. The predicted octanol–water partition coefficient (Wildman–Crippen LogP) is 4.64. The Balaban J connectivity index is 2.18. The van der Waals surface area contributed by atoms with E-state index in [-0.39, 0.29) is 5.69 Å². The third-order valence-corrected chi connectivity index (χ3v) is 3.56. The molecule has 0 bridgehead atoms. The van der Waals surface area contributed by atoms with E-state index in [0.717, 1.165) is 6.42 Å². The van der Waals surface area contributed by atoms with E-state index >= 15 is 0 Å². The molecule has 2 aromatic carbocycles. The van der Waals surface area contributed by atoms with E-state index < -0.39 is 11.7 Å². The molecule has 0 aliphatic heterocycles. The topological polar surface area (TPSA) is 47.6 Å². The minimum Gasteiger partial charge on any atom is -0.493 e. The van der Waals surface area contributed by atoms with Crippen LogP contribution in [0.2, 0.25) is 0 Å². The van der Waals surface area contributed by atoms with E-state index in [9.17, 15) is 9.18 Å². The summed E-state index contributed by atoms with van der Waals surface area (Å²) in [5.74, 6) is 0.0947. The van der Waals surface area contributed by atoms with Crippen molar-refractivity contribution in [1.82, 2.24) is 0 Å². The van der Waals surface area contributed by atoms with Gasteiger partial charge in [-0.05, 0) is 42.8 Å². The fourth-order valence-corrected chi connectivity index (χ4v) is 2.26. The normalized spacial score (nSPS) is 10.3. The van der Waals surface area contributed by atoms with E-state index in [2.05, 4.69) is 21.2 Å². The molecule has 0 aromatic heterocycles. The lowest BCUT2D eigenvalue weighted by Gasteiger charge is -2.12. The predicted molar refractivity (Wildman–Crippen MR) is 90.8 cm³/mol. The van der Waals surface area contributed by atoms with Crippen molar-refractivity contribution in [2.24, 2.45) is 0 Å². The van der Waals surface area contributed by atoms with Crippen molar-refractivity contribution in [3.63, 3.8) is 0 Å². The van der Waals surface area contributed by atoms with E-state index in [1.165, 1.54) is 19.2 Å². The van der Waals surface area contributed by atoms with Crippen LogP contribution in [0.25, 0.3) is 0 Å². The second-order valence-electron chi connectivity index (χ2n) is 4.79. The average Bonchev–Trinajstić information content (AvgIpc) is 2.55. The average molecular weight is 382 g/mol. The first-order valence-corrected chi connectivity index (χ1v) is 7.91. The third kappa shape index (κ3) is 4.45. The van der Waals surface area contributed by atoms with Crippen molar-refractivity contribution in [1.29, 1.82) is 0 Å². The molecule has 0 radical (unpaired) electrons. The summed E-state index contributed by atoms with van der Waals surface area (Å²) in [5, 5.41) is 2.54. The van der Waals surface area contributed by atoms with Crippen LogP contribution in [-0.2, 0) is 0 Å². The molecule has 0 aliphatic rings. The van der Waals surface area contributed by atoms with Crippen LogP contribution in [0, 0.1) is 5.82 Å². The van der Waals surface area contributed by atoms with Crippen molar-refractivity contribution in [2.75, 3.05) is 19.0 Å². The number of carbonyl (C=O) groups excluding carboxylic acids is 1. The Hall–Kier alpha value is -2.08. The number of halogens is 2. The summed E-state index contributed by atoms with van der Waals surface area (Å²) in [4.78, 5) is 12.3. The van der Waals surface area contributed by atoms with Crippen molar-refractivity contribution in [3.05, 3.63) is 52.3 Å². The number of hydrogen-bond acceptors (Lipinski definition) is 3. The molecule has 2 rings (SSSR count). The van der Waals surface area contributed by atoms with E-state index in [4.69, 9.17) is 9.47 Å². The number of anilines is 1. The minimum atomic E-state index is -0.511. The molecule has 0 saturated heterocycles. The first-order valence-electron chi connectivity index (χ1n) is 7.12. The highest BCUT2D eigenvalue weighted by Crippen LogP contribution is 2.29. The van der Waals surface area contributed by atoms with Crippen LogP contribution >= 0.6 is 15.9 Å². The number of carbonyl (C=O) groups is 1. The third-order valence-electron chi connectivity index (χ3n) is 3.07. The number of ether oxygens (including phenoxy) is 2. The van der Waals surface area contributed by atoms with Gasteiger partial charge in [-0.15, -0.1) is 0 Å². The van der Waals surface area contributed by atoms with E-state index in [1.807, 2.05) is 6.92 Å². The Bertz CT molecular complexity index is 706. The van der Waals surface area contributed by atoms with Gasteiger partial charge in [0.15, 0.2) is 11.5 Å².